The van der Waals surface area contributed by atoms with Crippen molar-refractivity contribution in [3.05, 3.63) is 91.1 Å². The van der Waals surface area contributed by atoms with Crippen molar-refractivity contribution in [3.8, 4) is 11.1 Å². The summed E-state index contributed by atoms with van der Waals surface area (Å²) in [5.74, 6) is -4.24. The van der Waals surface area contributed by atoms with Crippen molar-refractivity contribution in [2.24, 2.45) is 5.92 Å². The Balaban J connectivity index is 1.63. The SMILES string of the molecule is Cc1cc(-c2c(C)cc(Cl)cc2C)cc([C@H](CC(=O)O)NC(=O)[C@H](CC(C)C)NC(=O)c2ccc(C(F)(F)F)n(CCCN3CCOC(C)(C)C3)c2=O)c1F. The number of benzene rings is 2. The smallest absolute Gasteiger partial charge is 0.431 e. The third-order valence-electron chi connectivity index (χ3n) is 9.54. The Kier molecular flexibility index (Phi) is 14.0. The Morgan fingerprint density at radius 3 is 2.24 bits per heavy atom. The monoisotopic (exact) mass is 792 g/mol. The molecule has 2 atom stereocenters. The summed E-state index contributed by atoms with van der Waals surface area (Å²) in [5.41, 5.74) is -0.400. The Bertz CT molecular complexity index is 1960. The molecule has 1 aromatic heterocycles. The summed E-state index contributed by atoms with van der Waals surface area (Å²) < 4.78 is 64.3. The van der Waals surface area contributed by atoms with Gasteiger partial charge in [0.25, 0.3) is 11.5 Å². The predicted octanol–water partition coefficient (Wildman–Crippen LogP) is 7.23. The van der Waals surface area contributed by atoms with Crippen molar-refractivity contribution in [3.63, 3.8) is 0 Å². The quantitative estimate of drug-likeness (QED) is 0.147. The molecule has 0 radical (unpaired) electrons. The molecule has 1 fully saturated rings. The summed E-state index contributed by atoms with van der Waals surface area (Å²) in [6, 6.07) is 5.27. The van der Waals surface area contributed by atoms with Gasteiger partial charge in [-0.1, -0.05) is 25.4 Å². The number of rotatable bonds is 14. The van der Waals surface area contributed by atoms with Crippen molar-refractivity contribution in [2.45, 2.75) is 98.1 Å². The van der Waals surface area contributed by atoms with E-state index < -0.39 is 70.7 Å². The maximum Gasteiger partial charge on any atom is 0.431 e. The molecule has 2 aromatic carbocycles. The minimum Gasteiger partial charge on any atom is -0.481 e. The normalized spacial score (nSPS) is 15.8. The van der Waals surface area contributed by atoms with Crippen molar-refractivity contribution in [2.75, 3.05) is 26.2 Å². The van der Waals surface area contributed by atoms with Crippen LogP contribution in [0.2, 0.25) is 5.02 Å². The number of alkyl halides is 3. The summed E-state index contributed by atoms with van der Waals surface area (Å²) in [6.07, 6.45) is -5.41. The molecule has 300 valence electrons. The molecule has 1 aliphatic heterocycles. The topological polar surface area (TPSA) is 130 Å². The summed E-state index contributed by atoms with van der Waals surface area (Å²) >= 11 is 6.23. The van der Waals surface area contributed by atoms with Crippen molar-refractivity contribution < 1.29 is 41.8 Å². The van der Waals surface area contributed by atoms with Gasteiger partial charge in [-0.15, -0.1) is 0 Å². The Hall–Kier alpha value is -4.27. The van der Waals surface area contributed by atoms with E-state index in [9.17, 15) is 37.5 Å². The standard InChI is InChI=1S/C40H49ClF4N4O6/c1-22(2)15-31(37(53)46-30(20-33(50)51)29-19-26(16-25(5)35(29)42)34-23(3)17-27(41)18-24(34)4)47-36(52)28-9-10-32(40(43,44)45)49(38(28)54)12-8-11-48-13-14-55-39(6,7)21-48/h9-10,16-19,22,30-31H,8,11-15,20-21H2,1-7H3,(H,46,53)(H,47,52)(H,50,51)/t30-,31-/m0/s1. The van der Waals surface area contributed by atoms with Gasteiger partial charge in [-0.2, -0.15) is 13.2 Å². The highest BCUT2D eigenvalue weighted by molar-refractivity contribution is 6.30. The minimum absolute atomic E-state index is 0.00675. The lowest BCUT2D eigenvalue weighted by molar-refractivity contribution is -0.144. The van der Waals surface area contributed by atoms with E-state index in [4.69, 9.17) is 16.3 Å². The van der Waals surface area contributed by atoms with Gasteiger partial charge in [-0.25, -0.2) is 4.39 Å². The van der Waals surface area contributed by atoms with E-state index in [0.29, 0.717) is 47.5 Å². The highest BCUT2D eigenvalue weighted by Crippen LogP contribution is 2.35. The second-order valence-electron chi connectivity index (χ2n) is 15.3. The van der Waals surface area contributed by atoms with Gasteiger partial charge in [0, 0.05) is 36.8 Å². The Morgan fingerprint density at radius 1 is 1.00 bits per heavy atom. The van der Waals surface area contributed by atoms with Gasteiger partial charge >= 0.3 is 12.1 Å². The molecular weight excluding hydrogens is 744 g/mol. The number of nitrogens with zero attached hydrogens (tertiary/aromatic N) is 2. The number of carbonyl (C=O) groups is 3. The number of carboxylic acid groups (broad SMARTS) is 1. The Labute approximate surface area is 323 Å². The van der Waals surface area contributed by atoms with E-state index in [1.54, 1.807) is 32.0 Å². The number of aromatic nitrogens is 1. The van der Waals surface area contributed by atoms with Gasteiger partial charge in [0.05, 0.1) is 24.7 Å². The van der Waals surface area contributed by atoms with Crippen LogP contribution in [-0.4, -0.2) is 70.2 Å². The lowest BCUT2D eigenvalue weighted by atomic mass is 9.90. The fraction of sp³-hybridized carbons (Fsp3) is 0.500. The molecule has 4 rings (SSSR count). The van der Waals surface area contributed by atoms with E-state index >= 15 is 4.39 Å². The fourth-order valence-corrected chi connectivity index (χ4v) is 7.49. The maximum atomic E-state index is 15.8. The molecule has 2 amide bonds. The Morgan fingerprint density at radius 2 is 1.65 bits per heavy atom. The molecule has 3 N–H and O–H groups in total. The van der Waals surface area contributed by atoms with Crippen molar-refractivity contribution in [1.29, 1.82) is 0 Å². The molecule has 1 aliphatic rings. The largest absolute Gasteiger partial charge is 0.481 e. The fourth-order valence-electron chi connectivity index (χ4n) is 7.16. The van der Waals surface area contributed by atoms with E-state index in [1.165, 1.54) is 13.0 Å². The predicted molar refractivity (Wildman–Crippen MR) is 202 cm³/mol. The first-order valence-electron chi connectivity index (χ1n) is 18.2. The summed E-state index contributed by atoms with van der Waals surface area (Å²) in [6.45, 7) is 14.2. The van der Waals surface area contributed by atoms with Crippen LogP contribution in [0.4, 0.5) is 17.6 Å². The third-order valence-corrected chi connectivity index (χ3v) is 9.76. The average molecular weight is 793 g/mol. The summed E-state index contributed by atoms with van der Waals surface area (Å²) in [4.78, 5) is 55.1. The highest BCUT2D eigenvalue weighted by atomic mass is 35.5. The van der Waals surface area contributed by atoms with E-state index in [2.05, 4.69) is 10.6 Å². The zero-order valence-corrected chi connectivity index (χ0v) is 32.9. The lowest BCUT2D eigenvalue weighted by Crippen LogP contribution is -2.50. The molecule has 15 heteroatoms. The molecule has 0 aliphatic carbocycles. The number of pyridine rings is 1. The number of carboxylic acids is 1. The molecule has 55 heavy (non-hydrogen) atoms. The number of ether oxygens (including phenoxy) is 1. The van der Waals surface area contributed by atoms with Gasteiger partial charge < -0.3 is 25.0 Å². The number of aryl methyl sites for hydroxylation is 3. The van der Waals surface area contributed by atoms with Crippen molar-refractivity contribution in [1.82, 2.24) is 20.1 Å². The average Bonchev–Trinajstić information content (AvgIpc) is 3.04. The highest BCUT2D eigenvalue weighted by Gasteiger charge is 2.36. The third kappa shape index (κ3) is 11.2. The lowest BCUT2D eigenvalue weighted by Gasteiger charge is -2.38. The van der Waals surface area contributed by atoms with Crippen molar-refractivity contribution >= 4 is 29.4 Å². The maximum absolute atomic E-state index is 15.8. The van der Waals surface area contributed by atoms with Crippen LogP contribution in [0.15, 0.2) is 41.2 Å². The zero-order chi connectivity index (χ0) is 41.0. The minimum atomic E-state index is -4.88. The van der Waals surface area contributed by atoms with Gasteiger partial charge in [0.1, 0.15) is 23.1 Å². The first kappa shape index (κ1) is 43.5. The number of morpholine rings is 1. The number of hydrogen-bond donors (Lipinski definition) is 3. The van der Waals surface area contributed by atoms with Gasteiger partial charge in [-0.3, -0.25) is 24.1 Å². The summed E-state index contributed by atoms with van der Waals surface area (Å²) in [5, 5.41) is 15.4. The van der Waals surface area contributed by atoms with Crippen LogP contribution < -0.4 is 16.2 Å². The second kappa shape index (κ2) is 17.7. The van der Waals surface area contributed by atoms with E-state index in [0.717, 1.165) is 22.8 Å². The van der Waals surface area contributed by atoms with Crippen LogP contribution in [0, 0.1) is 32.5 Å². The molecule has 1 saturated heterocycles. The molecule has 3 aromatic rings. The number of amides is 2. The van der Waals surface area contributed by atoms with Crippen LogP contribution in [-0.2, 0) is 27.0 Å². The number of halogens is 5. The molecule has 0 saturated carbocycles. The van der Waals surface area contributed by atoms with Crippen LogP contribution in [0.5, 0.6) is 0 Å². The second-order valence-corrected chi connectivity index (χ2v) is 15.7. The molecule has 0 unspecified atom stereocenters. The first-order valence-corrected chi connectivity index (χ1v) is 18.5. The van der Waals surface area contributed by atoms with Crippen LogP contribution in [0.1, 0.15) is 91.3 Å². The zero-order valence-electron chi connectivity index (χ0n) is 32.1. The molecule has 0 bridgehead atoms. The van der Waals surface area contributed by atoms with Crippen LogP contribution in [0.3, 0.4) is 0 Å². The molecular formula is C40H49ClF4N4O6. The number of nitrogens with one attached hydrogen (secondary N) is 2. The first-order chi connectivity index (χ1) is 25.6. The van der Waals surface area contributed by atoms with E-state index in [-0.39, 0.29) is 36.4 Å². The van der Waals surface area contributed by atoms with E-state index in [1.807, 2.05) is 32.6 Å². The van der Waals surface area contributed by atoms with Gasteiger partial charge in [0.15, 0.2) is 0 Å². The molecule has 0 spiro atoms. The number of hydrogen-bond acceptors (Lipinski definition) is 6. The van der Waals surface area contributed by atoms with Gasteiger partial charge in [0.2, 0.25) is 5.91 Å². The van der Waals surface area contributed by atoms with Crippen LogP contribution >= 0.6 is 11.6 Å². The summed E-state index contributed by atoms with van der Waals surface area (Å²) in [7, 11) is 0. The number of carbonyl (C=O) groups excluding carboxylic acids is 2. The number of aliphatic carboxylic acids is 1. The van der Waals surface area contributed by atoms with Gasteiger partial charge in [-0.05, 0) is 118 Å². The molecule has 10 nitrogen and oxygen atoms in total. The molecule has 2 heterocycles. The van der Waals surface area contributed by atoms with Crippen LogP contribution in [0.25, 0.3) is 11.1 Å².